The Balaban J connectivity index is 1.08. The maximum absolute atomic E-state index is 12.3. The maximum Gasteiger partial charge on any atom is 0.226 e. The summed E-state index contributed by atoms with van der Waals surface area (Å²) in [7, 11) is 0. The van der Waals surface area contributed by atoms with E-state index in [4.69, 9.17) is 23.2 Å². The van der Waals surface area contributed by atoms with Crippen molar-refractivity contribution in [1.29, 1.82) is 0 Å². The van der Waals surface area contributed by atoms with E-state index in [-0.39, 0.29) is 11.8 Å². The number of rotatable bonds is 11. The third-order valence-electron chi connectivity index (χ3n) is 5.94. The number of anilines is 2. The molecule has 0 aliphatic carbocycles. The Hall–Kier alpha value is -2.26. The second-order valence-corrected chi connectivity index (χ2v) is 11.7. The summed E-state index contributed by atoms with van der Waals surface area (Å²) in [6, 6.07) is 7.58. The van der Waals surface area contributed by atoms with Gasteiger partial charge in [-0.15, -0.1) is 0 Å². The zero-order valence-electron chi connectivity index (χ0n) is 20.2. The highest BCUT2D eigenvalue weighted by atomic mass is 35.5. The van der Waals surface area contributed by atoms with Crippen LogP contribution in [0.15, 0.2) is 24.3 Å². The minimum absolute atomic E-state index is 0.0224. The molecule has 2 N–H and O–H groups in total. The molecular formula is C26H28Cl2N4O2S2. The first-order valence-corrected chi connectivity index (χ1v) is 14.4. The Bertz CT molecular complexity index is 1220. The lowest BCUT2D eigenvalue weighted by Gasteiger charge is -2.03. The van der Waals surface area contributed by atoms with E-state index in [2.05, 4.69) is 20.6 Å². The van der Waals surface area contributed by atoms with E-state index in [0.717, 1.165) is 70.1 Å². The van der Waals surface area contributed by atoms with Gasteiger partial charge in [0.05, 0.1) is 30.5 Å². The van der Waals surface area contributed by atoms with Gasteiger partial charge in [-0.25, -0.2) is 9.97 Å². The average molecular weight is 564 g/mol. The summed E-state index contributed by atoms with van der Waals surface area (Å²) in [6.07, 6.45) is 6.65. The summed E-state index contributed by atoms with van der Waals surface area (Å²) in [4.78, 5) is 33.6. The molecule has 0 radical (unpaired) electrons. The number of carbonyl (C=O) groups excluding carboxylic acids is 2. The van der Waals surface area contributed by atoms with Crippen LogP contribution < -0.4 is 10.6 Å². The number of aryl methyl sites for hydroxylation is 2. The van der Waals surface area contributed by atoms with Crippen LogP contribution >= 0.6 is 45.9 Å². The first-order valence-electron chi connectivity index (χ1n) is 12.0. The Kier molecular flexibility index (Phi) is 9.17. The zero-order chi connectivity index (χ0) is 25.7. The van der Waals surface area contributed by atoms with Gasteiger partial charge in [0.15, 0.2) is 10.3 Å². The molecule has 2 amide bonds. The summed E-state index contributed by atoms with van der Waals surface area (Å²) in [5, 5.41) is 8.29. The van der Waals surface area contributed by atoms with Gasteiger partial charge in [0.1, 0.15) is 0 Å². The highest BCUT2D eigenvalue weighted by Gasteiger charge is 2.13. The number of carbonyl (C=O) groups is 2. The number of thiazole rings is 2. The minimum Gasteiger partial charge on any atom is -0.302 e. The number of aromatic nitrogens is 2. The van der Waals surface area contributed by atoms with Gasteiger partial charge in [-0.1, -0.05) is 83.7 Å². The van der Waals surface area contributed by atoms with Gasteiger partial charge in [0, 0.05) is 12.8 Å². The average Bonchev–Trinajstić information content (AvgIpc) is 3.46. The molecule has 2 aromatic heterocycles. The molecule has 36 heavy (non-hydrogen) atoms. The maximum atomic E-state index is 12.3. The predicted octanol–water partition coefficient (Wildman–Crippen LogP) is 8.53. The van der Waals surface area contributed by atoms with Crippen molar-refractivity contribution in [2.24, 2.45) is 0 Å². The zero-order valence-corrected chi connectivity index (χ0v) is 23.4. The van der Waals surface area contributed by atoms with Crippen LogP contribution in [0.2, 0.25) is 10.0 Å². The minimum atomic E-state index is -0.0224. The molecule has 0 atom stereocenters. The van der Waals surface area contributed by atoms with Crippen molar-refractivity contribution in [3.8, 4) is 0 Å². The molecule has 0 fully saturated rings. The molecular weight excluding hydrogens is 535 g/mol. The first-order chi connectivity index (χ1) is 17.3. The molecule has 4 aromatic rings. The number of amides is 2. The van der Waals surface area contributed by atoms with E-state index in [1.165, 1.54) is 22.7 Å². The van der Waals surface area contributed by atoms with Crippen LogP contribution in [0.5, 0.6) is 0 Å². The van der Waals surface area contributed by atoms with Gasteiger partial charge in [0.25, 0.3) is 0 Å². The largest absolute Gasteiger partial charge is 0.302 e. The second-order valence-electron chi connectivity index (χ2n) is 8.84. The van der Waals surface area contributed by atoms with Crippen LogP contribution in [-0.2, 0) is 9.59 Å². The number of hydrogen-bond acceptors (Lipinski definition) is 6. The van der Waals surface area contributed by atoms with Gasteiger partial charge in [-0.2, -0.15) is 0 Å². The summed E-state index contributed by atoms with van der Waals surface area (Å²) in [5.41, 5.74) is 3.77. The molecule has 6 nitrogen and oxygen atoms in total. The number of nitrogens with zero attached hydrogens (tertiary/aromatic N) is 2. The Morgan fingerprint density at radius 2 is 1.08 bits per heavy atom. The van der Waals surface area contributed by atoms with Crippen LogP contribution in [0.1, 0.15) is 62.5 Å². The third kappa shape index (κ3) is 6.73. The van der Waals surface area contributed by atoms with Gasteiger partial charge >= 0.3 is 0 Å². The van der Waals surface area contributed by atoms with Crippen molar-refractivity contribution in [2.45, 2.75) is 65.2 Å². The van der Waals surface area contributed by atoms with Gasteiger partial charge < -0.3 is 10.6 Å². The fraction of sp³-hybridized carbons (Fsp3) is 0.385. The van der Waals surface area contributed by atoms with E-state index in [1.54, 1.807) is 0 Å². The topological polar surface area (TPSA) is 84.0 Å². The molecule has 4 rings (SSSR count). The predicted molar refractivity (Wildman–Crippen MR) is 153 cm³/mol. The fourth-order valence-corrected chi connectivity index (χ4v) is 6.42. The molecule has 0 saturated carbocycles. The monoisotopic (exact) mass is 562 g/mol. The first kappa shape index (κ1) is 26.8. The normalized spacial score (nSPS) is 11.3. The van der Waals surface area contributed by atoms with Gasteiger partial charge in [-0.05, 0) is 49.9 Å². The van der Waals surface area contributed by atoms with Crippen LogP contribution in [0.25, 0.3) is 20.4 Å². The van der Waals surface area contributed by atoms with E-state index in [9.17, 15) is 9.59 Å². The molecule has 0 saturated heterocycles. The molecule has 0 aliphatic rings. The molecule has 0 bridgehead atoms. The van der Waals surface area contributed by atoms with E-state index < -0.39 is 0 Å². The molecule has 0 aliphatic heterocycles. The number of halogens is 2. The number of nitrogens with one attached hydrogen (secondary N) is 2. The molecule has 0 spiro atoms. The Morgan fingerprint density at radius 1 is 0.694 bits per heavy atom. The summed E-state index contributed by atoms with van der Waals surface area (Å²) in [5.74, 6) is -0.0448. The number of hydrogen-bond donors (Lipinski definition) is 2. The summed E-state index contributed by atoms with van der Waals surface area (Å²) in [6.45, 7) is 3.96. The van der Waals surface area contributed by atoms with Crippen molar-refractivity contribution < 1.29 is 9.59 Å². The fourth-order valence-electron chi connectivity index (χ4n) is 3.95. The summed E-state index contributed by atoms with van der Waals surface area (Å²) >= 11 is 15.3. The SMILES string of the molecule is Cc1ccc(Cl)c2sc(NC(=O)CCCCCCCCC(=O)Nc3nc4c(C)ccc(Cl)c4s3)nc12. The smallest absolute Gasteiger partial charge is 0.226 e. The highest BCUT2D eigenvalue weighted by molar-refractivity contribution is 7.23. The quantitative estimate of drug-likeness (QED) is 0.179. The van der Waals surface area contributed by atoms with Crippen LogP contribution in [0.4, 0.5) is 10.3 Å². The third-order valence-corrected chi connectivity index (χ3v) is 8.81. The van der Waals surface area contributed by atoms with E-state index in [0.29, 0.717) is 33.2 Å². The van der Waals surface area contributed by atoms with Crippen molar-refractivity contribution in [2.75, 3.05) is 10.6 Å². The number of benzene rings is 2. The Labute approximate surface area is 228 Å². The lowest BCUT2D eigenvalue weighted by molar-refractivity contribution is -0.117. The van der Waals surface area contributed by atoms with E-state index >= 15 is 0 Å². The highest BCUT2D eigenvalue weighted by Crippen LogP contribution is 2.35. The molecule has 10 heteroatoms. The lowest BCUT2D eigenvalue weighted by Crippen LogP contribution is -2.11. The second kappa shape index (κ2) is 12.3. The van der Waals surface area contributed by atoms with Crippen molar-refractivity contribution in [1.82, 2.24) is 9.97 Å². The summed E-state index contributed by atoms with van der Waals surface area (Å²) < 4.78 is 1.81. The molecule has 2 aromatic carbocycles. The lowest BCUT2D eigenvalue weighted by atomic mass is 10.1. The standard InChI is InChI=1S/C26H28Cl2N4O2S2/c1-15-11-13-17(27)23-21(15)31-25(35-23)29-19(33)9-7-5-3-4-6-8-10-20(34)30-26-32-22-16(2)12-14-18(28)24(22)36-26/h11-14H,3-10H2,1-2H3,(H,29,31,33)(H,30,32,34). The van der Waals surface area contributed by atoms with Gasteiger partial charge in [-0.3, -0.25) is 9.59 Å². The number of fused-ring (bicyclic) bond motifs is 2. The van der Waals surface area contributed by atoms with Crippen molar-refractivity contribution in [3.05, 3.63) is 45.4 Å². The van der Waals surface area contributed by atoms with Crippen LogP contribution in [-0.4, -0.2) is 21.8 Å². The molecule has 2 heterocycles. The van der Waals surface area contributed by atoms with Crippen molar-refractivity contribution in [3.63, 3.8) is 0 Å². The van der Waals surface area contributed by atoms with Gasteiger partial charge in [0.2, 0.25) is 11.8 Å². The number of unbranched alkanes of at least 4 members (excludes halogenated alkanes) is 5. The van der Waals surface area contributed by atoms with Crippen molar-refractivity contribution >= 4 is 88.4 Å². The van der Waals surface area contributed by atoms with Crippen LogP contribution in [0.3, 0.4) is 0 Å². The Morgan fingerprint density at radius 3 is 1.47 bits per heavy atom. The van der Waals surface area contributed by atoms with Crippen LogP contribution in [0, 0.1) is 13.8 Å². The molecule has 0 unspecified atom stereocenters. The molecule has 190 valence electrons. The van der Waals surface area contributed by atoms with E-state index in [1.807, 2.05) is 38.1 Å².